The molecule has 8 heteroatoms. The van der Waals surface area contributed by atoms with Gasteiger partial charge in [0.1, 0.15) is 0 Å². The zero-order chi connectivity index (χ0) is 14.8. The highest BCUT2D eigenvalue weighted by Crippen LogP contribution is 2.30. The van der Waals surface area contributed by atoms with Gasteiger partial charge in [0, 0.05) is 11.1 Å². The third kappa shape index (κ3) is 3.13. The number of aromatic nitrogens is 1. The minimum Gasteiger partial charge on any atom is -0.262 e. The van der Waals surface area contributed by atoms with Crippen LogP contribution in [0.15, 0.2) is 57.4 Å². The Kier molecular flexibility index (Phi) is 4.34. The summed E-state index contributed by atoms with van der Waals surface area (Å²) < 4.78 is 60.5. The number of nitrogens with zero attached hydrogens (tertiary/aromatic N) is 1. The Bertz CT molecular complexity index is 703. The van der Waals surface area contributed by atoms with Crippen LogP contribution >= 0.6 is 11.8 Å². The maximum atomic E-state index is 13.4. The Morgan fingerprint density at radius 1 is 1.10 bits per heavy atom. The Morgan fingerprint density at radius 3 is 2.30 bits per heavy atom. The summed E-state index contributed by atoms with van der Waals surface area (Å²) in [6.45, 7) is 0. The fraction of sp³-hybridized carbons (Fsp3) is 0.0833. The fourth-order valence-corrected chi connectivity index (χ4v) is 2.90. The predicted molar refractivity (Wildman–Crippen MR) is 67.9 cm³/mol. The first-order chi connectivity index (χ1) is 9.41. The van der Waals surface area contributed by atoms with Crippen LogP contribution in [0.1, 0.15) is 0 Å². The molecule has 0 saturated heterocycles. The van der Waals surface area contributed by atoms with Crippen molar-refractivity contribution in [3.63, 3.8) is 0 Å². The molecule has 0 aliphatic carbocycles. The molecule has 0 amide bonds. The van der Waals surface area contributed by atoms with E-state index in [0.29, 0.717) is 9.79 Å². The van der Waals surface area contributed by atoms with Crippen molar-refractivity contribution in [1.82, 2.24) is 4.98 Å². The largest absolute Gasteiger partial charge is 0.341 e. The average molecular weight is 319 g/mol. The van der Waals surface area contributed by atoms with Gasteiger partial charge in [0.2, 0.25) is 9.84 Å². The third-order valence-corrected chi connectivity index (χ3v) is 4.81. The maximum absolute atomic E-state index is 13.4. The quantitative estimate of drug-likeness (QED) is 0.867. The number of pyridine rings is 1. The second-order valence-corrected chi connectivity index (χ2v) is 6.72. The van der Waals surface area contributed by atoms with Crippen molar-refractivity contribution in [2.45, 2.75) is 20.4 Å². The summed E-state index contributed by atoms with van der Waals surface area (Å²) in [6.07, 6.45) is 2.47. The van der Waals surface area contributed by atoms with Gasteiger partial charge in [-0.25, -0.2) is 12.8 Å². The van der Waals surface area contributed by atoms with Crippen molar-refractivity contribution < 1.29 is 21.6 Å². The molecule has 0 aliphatic heterocycles. The van der Waals surface area contributed by atoms with E-state index in [1.165, 1.54) is 24.4 Å². The highest BCUT2D eigenvalue weighted by Gasteiger charge is 2.26. The number of hydrogen-bond donors (Lipinski definition) is 0. The van der Waals surface area contributed by atoms with Crippen LogP contribution in [0.4, 0.5) is 13.2 Å². The maximum Gasteiger partial charge on any atom is 0.341 e. The molecule has 3 nitrogen and oxygen atoms in total. The molecule has 0 fully saturated rings. The molecule has 1 aromatic carbocycles. The van der Waals surface area contributed by atoms with Gasteiger partial charge in [-0.15, -0.1) is 0 Å². The summed E-state index contributed by atoms with van der Waals surface area (Å²) in [5, 5.41) is 0. The molecule has 1 aromatic heterocycles. The molecular weight excluding hydrogens is 311 g/mol. The van der Waals surface area contributed by atoms with Crippen LogP contribution in [-0.4, -0.2) is 19.2 Å². The van der Waals surface area contributed by atoms with E-state index in [1.807, 2.05) is 0 Å². The molecule has 106 valence electrons. The van der Waals surface area contributed by atoms with E-state index in [1.54, 1.807) is 0 Å². The summed E-state index contributed by atoms with van der Waals surface area (Å²) in [6, 6.07) is 6.30. The van der Waals surface area contributed by atoms with E-state index in [4.69, 9.17) is 0 Å². The molecule has 0 spiro atoms. The van der Waals surface area contributed by atoms with Gasteiger partial charge in [-0.1, -0.05) is 11.8 Å². The third-order valence-electron chi connectivity index (χ3n) is 2.35. The monoisotopic (exact) mass is 319 g/mol. The van der Waals surface area contributed by atoms with E-state index in [9.17, 15) is 21.6 Å². The van der Waals surface area contributed by atoms with Crippen LogP contribution in [0.2, 0.25) is 0 Å². The summed E-state index contributed by atoms with van der Waals surface area (Å²) in [4.78, 5) is 3.98. The minimum atomic E-state index is -4.60. The van der Waals surface area contributed by atoms with Crippen LogP contribution < -0.4 is 0 Å². The van der Waals surface area contributed by atoms with Gasteiger partial charge in [0.15, 0.2) is 5.82 Å². The first kappa shape index (κ1) is 14.9. The van der Waals surface area contributed by atoms with Crippen LogP contribution in [0, 0.1) is 5.82 Å². The van der Waals surface area contributed by atoms with Gasteiger partial charge in [-0.2, -0.15) is 8.78 Å². The normalized spacial score (nSPS) is 11.8. The Hall–Kier alpha value is -1.54. The molecule has 20 heavy (non-hydrogen) atoms. The lowest BCUT2D eigenvalue weighted by molar-refractivity contribution is 0.234. The molecule has 2 aromatic rings. The first-order valence-corrected chi connectivity index (χ1v) is 7.67. The lowest BCUT2D eigenvalue weighted by atomic mass is 10.4. The zero-order valence-electron chi connectivity index (χ0n) is 9.83. The Morgan fingerprint density at radius 2 is 1.75 bits per heavy atom. The smallest absolute Gasteiger partial charge is 0.262 e. The van der Waals surface area contributed by atoms with Crippen molar-refractivity contribution in [2.75, 3.05) is 0 Å². The van der Waals surface area contributed by atoms with Crippen molar-refractivity contribution in [2.24, 2.45) is 0 Å². The SMILES string of the molecule is O=S(=O)(c1ccc(Sc2ccncc2F)cc1)C(F)F. The second-order valence-electron chi connectivity index (χ2n) is 3.69. The van der Waals surface area contributed by atoms with Crippen LogP contribution in [0.3, 0.4) is 0 Å². The van der Waals surface area contributed by atoms with E-state index in [0.717, 1.165) is 30.1 Å². The highest BCUT2D eigenvalue weighted by atomic mass is 32.2. The number of hydrogen-bond acceptors (Lipinski definition) is 4. The predicted octanol–water partition coefficient (Wildman–Crippen LogP) is 3.37. The van der Waals surface area contributed by atoms with E-state index in [-0.39, 0.29) is 0 Å². The number of benzene rings is 1. The number of sulfone groups is 1. The van der Waals surface area contributed by atoms with Gasteiger partial charge in [0.25, 0.3) is 0 Å². The standard InChI is InChI=1S/C12H8F3NO2S2/c13-10-7-16-6-5-11(10)19-8-1-3-9(4-2-8)20(17,18)12(14)15/h1-7,12H. The summed E-state index contributed by atoms with van der Waals surface area (Å²) in [7, 11) is -4.60. The van der Waals surface area contributed by atoms with Crippen molar-refractivity contribution in [3.05, 3.63) is 48.5 Å². The number of alkyl halides is 2. The summed E-state index contributed by atoms with van der Waals surface area (Å²) in [5.41, 5.74) is 0. The van der Waals surface area contributed by atoms with E-state index in [2.05, 4.69) is 4.98 Å². The van der Waals surface area contributed by atoms with Gasteiger partial charge in [-0.3, -0.25) is 4.98 Å². The van der Waals surface area contributed by atoms with Crippen molar-refractivity contribution in [3.8, 4) is 0 Å². The molecular formula is C12H8F3NO2S2. The Balaban J connectivity index is 2.24. The average Bonchev–Trinajstić information content (AvgIpc) is 2.42. The summed E-state index contributed by atoms with van der Waals surface area (Å²) >= 11 is 1.04. The topological polar surface area (TPSA) is 47.0 Å². The van der Waals surface area contributed by atoms with Crippen molar-refractivity contribution in [1.29, 1.82) is 0 Å². The molecule has 1 heterocycles. The van der Waals surface area contributed by atoms with Crippen molar-refractivity contribution >= 4 is 21.6 Å². The van der Waals surface area contributed by atoms with Crippen LogP contribution in [-0.2, 0) is 9.84 Å². The van der Waals surface area contributed by atoms with Gasteiger partial charge < -0.3 is 0 Å². The number of rotatable bonds is 4. The molecule has 2 rings (SSSR count). The molecule has 0 atom stereocenters. The molecule has 0 aliphatic rings. The van der Waals surface area contributed by atoms with Crippen LogP contribution in [0.25, 0.3) is 0 Å². The fourth-order valence-electron chi connectivity index (χ4n) is 1.37. The Labute approximate surface area is 117 Å². The molecule has 0 saturated carbocycles. The van der Waals surface area contributed by atoms with Crippen LogP contribution in [0.5, 0.6) is 0 Å². The lowest BCUT2D eigenvalue weighted by Gasteiger charge is -2.05. The molecule has 0 unspecified atom stereocenters. The molecule has 0 N–H and O–H groups in total. The van der Waals surface area contributed by atoms with Gasteiger partial charge in [0.05, 0.1) is 16.0 Å². The van der Waals surface area contributed by atoms with E-state index < -0.39 is 26.3 Å². The van der Waals surface area contributed by atoms with E-state index >= 15 is 0 Å². The van der Waals surface area contributed by atoms with Gasteiger partial charge in [-0.05, 0) is 30.3 Å². The second kappa shape index (κ2) is 5.84. The van der Waals surface area contributed by atoms with Gasteiger partial charge >= 0.3 is 5.76 Å². The summed E-state index contributed by atoms with van der Waals surface area (Å²) in [5.74, 6) is -3.97. The zero-order valence-corrected chi connectivity index (χ0v) is 11.5. The lowest BCUT2D eigenvalue weighted by Crippen LogP contribution is -2.11. The minimum absolute atomic E-state index is 0.310. The number of halogens is 3. The first-order valence-electron chi connectivity index (χ1n) is 5.31. The molecule has 0 bridgehead atoms. The molecule has 0 radical (unpaired) electrons. The highest BCUT2D eigenvalue weighted by molar-refractivity contribution is 7.99.